The molecule has 2 heterocycles. The maximum absolute atomic E-state index is 5.72. The zero-order valence-corrected chi connectivity index (χ0v) is 11.7. The highest BCUT2D eigenvalue weighted by Crippen LogP contribution is 2.23. The van der Waals surface area contributed by atoms with Gasteiger partial charge in [-0.1, -0.05) is 18.5 Å². The predicted molar refractivity (Wildman–Crippen MR) is 71.9 cm³/mol. The van der Waals surface area contributed by atoms with E-state index in [-0.39, 0.29) is 5.92 Å². The Hall–Kier alpha value is -1.27. The van der Waals surface area contributed by atoms with Crippen molar-refractivity contribution in [2.24, 2.45) is 5.73 Å². The van der Waals surface area contributed by atoms with E-state index >= 15 is 0 Å². The van der Waals surface area contributed by atoms with Crippen LogP contribution in [-0.2, 0) is 0 Å². The Balaban J connectivity index is 2.24. The quantitative estimate of drug-likeness (QED) is 0.918. The molecule has 1 atom stereocenters. The highest BCUT2D eigenvalue weighted by atomic mass is 79.9. The molecule has 0 saturated carbocycles. The van der Waals surface area contributed by atoms with Crippen LogP contribution in [0.15, 0.2) is 27.5 Å². The molecule has 2 aromatic heterocycles. The van der Waals surface area contributed by atoms with E-state index in [0.29, 0.717) is 18.3 Å². The third-order valence-corrected chi connectivity index (χ3v) is 3.11. The summed E-state index contributed by atoms with van der Waals surface area (Å²) in [5.41, 5.74) is 6.54. The van der Waals surface area contributed by atoms with Gasteiger partial charge >= 0.3 is 0 Å². The van der Waals surface area contributed by atoms with Gasteiger partial charge < -0.3 is 10.3 Å². The molecular formula is C12H15BrN4O. The molecule has 0 aliphatic carbocycles. The summed E-state index contributed by atoms with van der Waals surface area (Å²) in [6.45, 7) is 2.63. The number of nitrogens with two attached hydrogens (primary N) is 1. The number of pyridine rings is 1. The lowest BCUT2D eigenvalue weighted by Crippen LogP contribution is -2.12. The molecule has 0 fully saturated rings. The highest BCUT2D eigenvalue weighted by Gasteiger charge is 2.17. The maximum Gasteiger partial charge on any atom is 0.231 e. The molecule has 0 bridgehead atoms. The van der Waals surface area contributed by atoms with Crippen molar-refractivity contribution in [3.05, 3.63) is 28.8 Å². The van der Waals surface area contributed by atoms with Crippen LogP contribution < -0.4 is 5.73 Å². The summed E-state index contributed by atoms with van der Waals surface area (Å²) in [6, 6.07) is 1.90. The SMILES string of the molecule is CCCC(CN)c1nc(-c2cncc(Br)c2)no1. The van der Waals surface area contributed by atoms with Crippen molar-refractivity contribution in [1.29, 1.82) is 0 Å². The fourth-order valence-corrected chi connectivity index (χ4v) is 2.11. The van der Waals surface area contributed by atoms with Crippen molar-refractivity contribution in [1.82, 2.24) is 15.1 Å². The first kappa shape index (κ1) is 13.2. The summed E-state index contributed by atoms with van der Waals surface area (Å²) in [7, 11) is 0. The van der Waals surface area contributed by atoms with Crippen LogP contribution in [0.4, 0.5) is 0 Å². The van der Waals surface area contributed by atoms with E-state index in [1.54, 1.807) is 12.4 Å². The van der Waals surface area contributed by atoms with Crippen LogP contribution in [-0.4, -0.2) is 21.7 Å². The second-order valence-electron chi connectivity index (χ2n) is 4.07. The molecule has 0 aromatic carbocycles. The topological polar surface area (TPSA) is 77.8 Å². The first-order chi connectivity index (χ1) is 8.74. The number of hydrogen-bond acceptors (Lipinski definition) is 5. The molecule has 18 heavy (non-hydrogen) atoms. The van der Waals surface area contributed by atoms with Gasteiger partial charge in [0.2, 0.25) is 11.7 Å². The van der Waals surface area contributed by atoms with Crippen LogP contribution in [0.3, 0.4) is 0 Å². The molecule has 0 aliphatic heterocycles. The number of nitrogens with zero attached hydrogens (tertiary/aromatic N) is 3. The van der Waals surface area contributed by atoms with E-state index in [4.69, 9.17) is 10.3 Å². The molecule has 2 N–H and O–H groups in total. The van der Waals surface area contributed by atoms with Crippen LogP contribution in [0.2, 0.25) is 0 Å². The lowest BCUT2D eigenvalue weighted by atomic mass is 10.0. The summed E-state index contributed by atoms with van der Waals surface area (Å²) in [5.74, 6) is 1.29. The van der Waals surface area contributed by atoms with Crippen molar-refractivity contribution in [3.8, 4) is 11.4 Å². The average molecular weight is 311 g/mol. The predicted octanol–water partition coefficient (Wildman–Crippen LogP) is 2.74. The first-order valence-electron chi connectivity index (χ1n) is 5.89. The molecule has 0 aliphatic rings. The lowest BCUT2D eigenvalue weighted by molar-refractivity contribution is 0.347. The van der Waals surface area contributed by atoms with Crippen molar-refractivity contribution < 1.29 is 4.52 Å². The summed E-state index contributed by atoms with van der Waals surface area (Å²) in [4.78, 5) is 8.47. The summed E-state index contributed by atoms with van der Waals surface area (Å²) >= 11 is 3.37. The van der Waals surface area contributed by atoms with Crippen LogP contribution in [0.1, 0.15) is 31.6 Å². The molecule has 0 radical (unpaired) electrons. The third-order valence-electron chi connectivity index (χ3n) is 2.68. The molecule has 5 nitrogen and oxygen atoms in total. The summed E-state index contributed by atoms with van der Waals surface area (Å²) < 4.78 is 6.16. The van der Waals surface area contributed by atoms with E-state index in [9.17, 15) is 0 Å². The Kier molecular flexibility index (Phi) is 4.43. The van der Waals surface area contributed by atoms with Crippen LogP contribution in [0.25, 0.3) is 11.4 Å². The molecule has 0 spiro atoms. The Labute approximate surface area is 114 Å². The second kappa shape index (κ2) is 6.06. The molecule has 96 valence electrons. The van der Waals surface area contributed by atoms with Crippen molar-refractivity contribution >= 4 is 15.9 Å². The lowest BCUT2D eigenvalue weighted by Gasteiger charge is -2.06. The summed E-state index contributed by atoms with van der Waals surface area (Å²) in [6.07, 6.45) is 5.41. The number of rotatable bonds is 5. The minimum absolute atomic E-state index is 0.136. The van der Waals surface area contributed by atoms with Gasteiger partial charge in [0.1, 0.15) is 0 Å². The van der Waals surface area contributed by atoms with E-state index in [2.05, 4.69) is 38.0 Å². The fourth-order valence-electron chi connectivity index (χ4n) is 1.74. The van der Waals surface area contributed by atoms with Crippen LogP contribution >= 0.6 is 15.9 Å². The van der Waals surface area contributed by atoms with Gasteiger partial charge in [0, 0.05) is 29.0 Å². The molecular weight excluding hydrogens is 296 g/mol. The molecule has 1 unspecified atom stereocenters. The van der Waals surface area contributed by atoms with Crippen LogP contribution in [0, 0.1) is 0 Å². The molecule has 0 amide bonds. The summed E-state index contributed by atoms with van der Waals surface area (Å²) in [5, 5.41) is 3.98. The maximum atomic E-state index is 5.72. The van der Waals surface area contributed by atoms with Gasteiger partial charge in [0.05, 0.1) is 5.92 Å². The average Bonchev–Trinajstić information content (AvgIpc) is 2.85. The van der Waals surface area contributed by atoms with Crippen molar-refractivity contribution in [3.63, 3.8) is 0 Å². The van der Waals surface area contributed by atoms with E-state index in [1.165, 1.54) is 0 Å². The van der Waals surface area contributed by atoms with E-state index in [1.807, 2.05) is 6.07 Å². The monoisotopic (exact) mass is 310 g/mol. The number of hydrogen-bond donors (Lipinski definition) is 1. The molecule has 6 heteroatoms. The van der Waals surface area contributed by atoms with Gasteiger partial charge in [-0.05, 0) is 28.4 Å². The Bertz CT molecular complexity index is 514. The highest BCUT2D eigenvalue weighted by molar-refractivity contribution is 9.10. The standard InChI is InChI=1S/C12H15BrN4O/c1-2-3-8(5-14)12-16-11(17-18-12)9-4-10(13)7-15-6-9/h4,6-8H,2-3,5,14H2,1H3. The minimum Gasteiger partial charge on any atom is -0.339 e. The van der Waals surface area contributed by atoms with Gasteiger partial charge in [-0.3, -0.25) is 4.98 Å². The number of aromatic nitrogens is 3. The molecule has 0 saturated heterocycles. The van der Waals surface area contributed by atoms with Gasteiger partial charge in [-0.25, -0.2) is 0 Å². The Morgan fingerprint density at radius 1 is 1.44 bits per heavy atom. The van der Waals surface area contributed by atoms with E-state index < -0.39 is 0 Å². The zero-order chi connectivity index (χ0) is 13.0. The van der Waals surface area contributed by atoms with Gasteiger partial charge in [-0.15, -0.1) is 0 Å². The van der Waals surface area contributed by atoms with Gasteiger partial charge in [0.15, 0.2) is 0 Å². The Morgan fingerprint density at radius 2 is 2.28 bits per heavy atom. The van der Waals surface area contributed by atoms with Crippen molar-refractivity contribution in [2.45, 2.75) is 25.7 Å². The zero-order valence-electron chi connectivity index (χ0n) is 10.1. The largest absolute Gasteiger partial charge is 0.339 e. The first-order valence-corrected chi connectivity index (χ1v) is 6.68. The second-order valence-corrected chi connectivity index (χ2v) is 4.99. The van der Waals surface area contributed by atoms with Crippen LogP contribution in [0.5, 0.6) is 0 Å². The minimum atomic E-state index is 0.136. The molecule has 2 aromatic rings. The number of halogens is 1. The normalized spacial score (nSPS) is 12.6. The molecule has 2 rings (SSSR count). The van der Waals surface area contributed by atoms with Gasteiger partial charge in [-0.2, -0.15) is 4.98 Å². The Morgan fingerprint density at radius 3 is 2.94 bits per heavy atom. The fraction of sp³-hybridized carbons (Fsp3) is 0.417. The third kappa shape index (κ3) is 2.94. The van der Waals surface area contributed by atoms with Crippen molar-refractivity contribution in [2.75, 3.05) is 6.54 Å². The smallest absolute Gasteiger partial charge is 0.231 e. The van der Waals surface area contributed by atoms with Gasteiger partial charge in [0.25, 0.3) is 0 Å². The van der Waals surface area contributed by atoms with E-state index in [0.717, 1.165) is 22.9 Å².